The summed E-state index contributed by atoms with van der Waals surface area (Å²) in [5.41, 5.74) is -0.834. The van der Waals surface area contributed by atoms with Gasteiger partial charge in [-0.05, 0) is 32.9 Å². The Bertz CT molecular complexity index is 653. The highest BCUT2D eigenvalue weighted by atomic mass is 19.1. The Labute approximate surface area is 128 Å². The second kappa shape index (κ2) is 5.87. The molecule has 1 aromatic rings. The molecule has 6 heteroatoms. The van der Waals surface area contributed by atoms with Crippen molar-refractivity contribution in [1.82, 2.24) is 9.88 Å². The van der Waals surface area contributed by atoms with Crippen molar-refractivity contribution in [1.29, 1.82) is 0 Å². The molecule has 0 bridgehead atoms. The number of rotatable bonds is 4. The number of amides is 1. The van der Waals surface area contributed by atoms with Gasteiger partial charge < -0.3 is 4.74 Å². The van der Waals surface area contributed by atoms with E-state index in [-0.39, 0.29) is 23.7 Å². The minimum absolute atomic E-state index is 0.0329. The number of hydrogen-bond acceptors (Lipinski definition) is 4. The molecule has 22 heavy (non-hydrogen) atoms. The number of halogens is 1. The molecule has 0 saturated carbocycles. The summed E-state index contributed by atoms with van der Waals surface area (Å²) in [5, 5.41) is 0. The van der Waals surface area contributed by atoms with Crippen molar-refractivity contribution in [2.24, 2.45) is 0 Å². The quantitative estimate of drug-likeness (QED) is 0.802. The van der Waals surface area contributed by atoms with E-state index in [9.17, 15) is 14.0 Å². The first-order chi connectivity index (χ1) is 10.3. The van der Waals surface area contributed by atoms with Crippen LogP contribution in [0.5, 0.6) is 0 Å². The second-order valence-corrected chi connectivity index (χ2v) is 5.62. The summed E-state index contributed by atoms with van der Waals surface area (Å²) in [6.07, 6.45) is 1.61. The molecule has 5 nitrogen and oxygen atoms in total. The van der Waals surface area contributed by atoms with Crippen molar-refractivity contribution >= 4 is 17.3 Å². The molecule has 0 fully saturated rings. The lowest BCUT2D eigenvalue weighted by atomic mass is 9.92. The predicted octanol–water partition coefficient (Wildman–Crippen LogP) is 2.53. The average Bonchev–Trinajstić information content (AvgIpc) is 2.48. The highest BCUT2D eigenvalue weighted by Crippen LogP contribution is 2.31. The minimum atomic E-state index is -1.02. The lowest BCUT2D eigenvalue weighted by Crippen LogP contribution is -2.55. The maximum absolute atomic E-state index is 13.9. The van der Waals surface area contributed by atoms with Crippen LogP contribution in [0, 0.1) is 5.95 Å². The number of nitrogens with zero attached hydrogens (tertiary/aromatic N) is 2. The van der Waals surface area contributed by atoms with Crippen LogP contribution in [0.4, 0.5) is 4.39 Å². The van der Waals surface area contributed by atoms with Gasteiger partial charge >= 0.3 is 0 Å². The Balaban J connectivity index is 2.47. The monoisotopic (exact) mass is 306 g/mol. The first-order valence-electron chi connectivity index (χ1n) is 7.10. The van der Waals surface area contributed by atoms with Crippen LogP contribution in [0.25, 0.3) is 5.57 Å². The van der Waals surface area contributed by atoms with E-state index in [2.05, 4.69) is 4.98 Å². The zero-order valence-corrected chi connectivity index (χ0v) is 13.1. The summed E-state index contributed by atoms with van der Waals surface area (Å²) >= 11 is 0. The Morgan fingerprint density at radius 1 is 1.50 bits per heavy atom. The maximum Gasteiger partial charge on any atom is 0.261 e. The lowest BCUT2D eigenvalue weighted by Gasteiger charge is -2.40. The highest BCUT2D eigenvalue weighted by Gasteiger charge is 2.41. The number of carbonyl (C=O) groups excluding carboxylic acids is 2. The highest BCUT2D eigenvalue weighted by molar-refractivity contribution is 6.21. The zero-order valence-electron chi connectivity index (χ0n) is 13.1. The number of ether oxygens (including phenoxy) is 1. The van der Waals surface area contributed by atoms with Gasteiger partial charge in [0.2, 0.25) is 5.95 Å². The Morgan fingerprint density at radius 3 is 2.77 bits per heavy atom. The summed E-state index contributed by atoms with van der Waals surface area (Å²) < 4.78 is 19.4. The third-order valence-electron chi connectivity index (χ3n) is 3.93. The van der Waals surface area contributed by atoms with Gasteiger partial charge in [-0.15, -0.1) is 0 Å². The normalized spacial score (nSPS) is 15.9. The topological polar surface area (TPSA) is 59.5 Å². The first-order valence-corrected chi connectivity index (χ1v) is 7.10. The largest absolute Gasteiger partial charge is 0.477 e. The van der Waals surface area contributed by atoms with Crippen LogP contribution in [0.3, 0.4) is 0 Å². The van der Waals surface area contributed by atoms with Crippen molar-refractivity contribution in [3.05, 3.63) is 35.6 Å². The molecule has 0 saturated heterocycles. The van der Waals surface area contributed by atoms with E-state index in [0.29, 0.717) is 12.2 Å². The molecule has 0 unspecified atom stereocenters. The van der Waals surface area contributed by atoms with Crippen molar-refractivity contribution in [2.75, 3.05) is 6.73 Å². The third-order valence-corrected chi connectivity index (χ3v) is 3.93. The first kappa shape index (κ1) is 16.1. The summed E-state index contributed by atoms with van der Waals surface area (Å²) in [6, 6.07) is 3.02. The van der Waals surface area contributed by atoms with Gasteiger partial charge in [-0.25, -0.2) is 4.98 Å². The van der Waals surface area contributed by atoms with Crippen molar-refractivity contribution in [2.45, 2.75) is 39.7 Å². The molecule has 0 N–H and O–H groups in total. The van der Waals surface area contributed by atoms with E-state index in [1.807, 2.05) is 0 Å². The average molecular weight is 306 g/mol. The molecule has 1 amide bonds. The number of aromatic nitrogens is 1. The lowest BCUT2D eigenvalue weighted by molar-refractivity contribution is -0.148. The van der Waals surface area contributed by atoms with E-state index < -0.39 is 17.4 Å². The number of Topliss-reactive ketones (excluding diaryl/α,β-unsaturated/α-hetero) is 1. The van der Waals surface area contributed by atoms with Crippen LogP contribution in [0.2, 0.25) is 0 Å². The second-order valence-electron chi connectivity index (χ2n) is 5.62. The standard InChI is InChI=1S/C16H19FN2O3/c1-5-12(20)16(3,4)19-9-22-10(2)13(15(19)21)11-7-6-8-18-14(11)17/h6-8H,5,9H2,1-4H3. The van der Waals surface area contributed by atoms with Gasteiger partial charge in [-0.2, -0.15) is 4.39 Å². The van der Waals surface area contributed by atoms with Crippen LogP contribution >= 0.6 is 0 Å². The zero-order chi connectivity index (χ0) is 16.5. The van der Waals surface area contributed by atoms with E-state index in [1.165, 1.54) is 17.2 Å². The SMILES string of the molecule is CCC(=O)C(C)(C)N1COC(C)=C(c2cccnc2F)C1=O. The molecule has 0 atom stereocenters. The van der Waals surface area contributed by atoms with Gasteiger partial charge in [0.05, 0.1) is 11.1 Å². The minimum Gasteiger partial charge on any atom is -0.477 e. The number of hydrogen-bond donors (Lipinski definition) is 0. The van der Waals surface area contributed by atoms with Crippen LogP contribution in [-0.2, 0) is 14.3 Å². The molecular formula is C16H19FN2O3. The Kier molecular flexibility index (Phi) is 4.30. The Morgan fingerprint density at radius 2 is 2.18 bits per heavy atom. The van der Waals surface area contributed by atoms with Crippen molar-refractivity contribution in [3.8, 4) is 0 Å². The summed E-state index contributed by atoms with van der Waals surface area (Å²) in [6.45, 7) is 6.64. The molecular weight excluding hydrogens is 287 g/mol. The van der Waals surface area contributed by atoms with E-state index in [4.69, 9.17) is 4.74 Å². The molecule has 2 heterocycles. The van der Waals surface area contributed by atoms with Crippen LogP contribution in [-0.4, -0.2) is 33.8 Å². The summed E-state index contributed by atoms with van der Waals surface area (Å²) in [5.74, 6) is -0.930. The van der Waals surface area contributed by atoms with Crippen LogP contribution < -0.4 is 0 Å². The van der Waals surface area contributed by atoms with Gasteiger partial charge in [-0.3, -0.25) is 14.5 Å². The fourth-order valence-corrected chi connectivity index (χ4v) is 2.45. The maximum atomic E-state index is 13.9. The van der Waals surface area contributed by atoms with Gasteiger partial charge in [0, 0.05) is 18.2 Å². The van der Waals surface area contributed by atoms with Crippen LogP contribution in [0.15, 0.2) is 24.1 Å². The van der Waals surface area contributed by atoms with Crippen molar-refractivity contribution in [3.63, 3.8) is 0 Å². The fraction of sp³-hybridized carbons (Fsp3) is 0.438. The molecule has 1 aliphatic heterocycles. The van der Waals surface area contributed by atoms with Gasteiger partial charge in [0.15, 0.2) is 12.5 Å². The number of carbonyl (C=O) groups is 2. The Hall–Kier alpha value is -2.24. The molecule has 0 spiro atoms. The number of pyridine rings is 1. The fourth-order valence-electron chi connectivity index (χ4n) is 2.45. The number of ketones is 1. The smallest absolute Gasteiger partial charge is 0.261 e. The predicted molar refractivity (Wildman–Crippen MR) is 79.0 cm³/mol. The molecule has 2 rings (SSSR count). The number of allylic oxidation sites excluding steroid dienone is 1. The molecule has 1 aromatic heterocycles. The van der Waals surface area contributed by atoms with E-state index in [1.54, 1.807) is 33.8 Å². The molecule has 0 aliphatic carbocycles. The third kappa shape index (κ3) is 2.61. The summed E-state index contributed by atoms with van der Waals surface area (Å²) in [4.78, 5) is 29.8. The van der Waals surface area contributed by atoms with Crippen molar-refractivity contribution < 1.29 is 18.7 Å². The van der Waals surface area contributed by atoms with E-state index in [0.717, 1.165) is 0 Å². The molecule has 118 valence electrons. The van der Waals surface area contributed by atoms with E-state index >= 15 is 0 Å². The molecule has 0 radical (unpaired) electrons. The van der Waals surface area contributed by atoms with Gasteiger partial charge in [0.1, 0.15) is 5.76 Å². The molecule has 1 aliphatic rings. The summed E-state index contributed by atoms with van der Waals surface area (Å²) in [7, 11) is 0. The van der Waals surface area contributed by atoms with Gasteiger partial charge in [0.25, 0.3) is 5.91 Å². The van der Waals surface area contributed by atoms with Gasteiger partial charge in [-0.1, -0.05) is 6.92 Å². The molecule has 0 aromatic carbocycles. The van der Waals surface area contributed by atoms with Crippen LogP contribution in [0.1, 0.15) is 39.7 Å².